The number of aromatic nitrogens is 1. The Bertz CT molecular complexity index is 1460. The van der Waals surface area contributed by atoms with Gasteiger partial charge in [-0.1, -0.05) is 0 Å². The Kier molecular flexibility index (Phi) is 5.75. The quantitative estimate of drug-likeness (QED) is 0.447. The average molecular weight is 529 g/mol. The molecule has 0 aliphatic carbocycles. The van der Waals surface area contributed by atoms with Gasteiger partial charge in [-0.2, -0.15) is 0 Å². The Morgan fingerprint density at radius 3 is 2.50 bits per heavy atom. The molecule has 0 saturated carbocycles. The lowest BCUT2D eigenvalue weighted by Crippen LogP contribution is -2.41. The van der Waals surface area contributed by atoms with Crippen LogP contribution in [0.15, 0.2) is 48.5 Å². The Morgan fingerprint density at radius 1 is 1.13 bits per heavy atom. The standard InChI is InChI=1S/C26H22F3N3O6/c1-24(23(30)34)12-36-21-16(24)10-19(32-20(21)13-3-6-15(27)7-4-13)25(2,35)11-31-22(33)14-5-8-17-18(9-14)38-26(28,29)37-17/h3-10,35H,11-12H2,1-2H3,(H2,30,34)(H,31,33)/t24-,25-/m0/s1. The zero-order valence-electron chi connectivity index (χ0n) is 20.2. The second-order valence-electron chi connectivity index (χ2n) is 9.51. The molecule has 3 aromatic rings. The number of hydrogen-bond donors (Lipinski definition) is 3. The van der Waals surface area contributed by atoms with Gasteiger partial charge in [0.05, 0.1) is 12.2 Å². The first-order valence-electron chi connectivity index (χ1n) is 11.4. The van der Waals surface area contributed by atoms with Gasteiger partial charge >= 0.3 is 6.29 Å². The van der Waals surface area contributed by atoms with Crippen LogP contribution in [0.5, 0.6) is 17.2 Å². The van der Waals surface area contributed by atoms with E-state index < -0.39 is 34.9 Å². The van der Waals surface area contributed by atoms with Crippen molar-refractivity contribution in [2.45, 2.75) is 31.2 Å². The van der Waals surface area contributed by atoms with Crippen molar-refractivity contribution in [1.82, 2.24) is 10.3 Å². The summed E-state index contributed by atoms with van der Waals surface area (Å²) >= 11 is 0. The summed E-state index contributed by atoms with van der Waals surface area (Å²) in [6, 6.07) is 10.4. The van der Waals surface area contributed by atoms with Crippen LogP contribution in [-0.2, 0) is 15.8 Å². The maximum Gasteiger partial charge on any atom is 0.586 e. The Balaban J connectivity index is 1.45. The summed E-state index contributed by atoms with van der Waals surface area (Å²) in [6.07, 6.45) is -3.83. The molecule has 2 aliphatic heterocycles. The SMILES string of the molecule is C[C@](O)(CNC(=O)c1ccc2c(c1)OC(F)(F)O2)c1cc2c(c(-c3ccc(F)cc3)n1)OC[C@]2(C)C(N)=O. The molecule has 0 radical (unpaired) electrons. The molecule has 5 rings (SSSR count). The topological polar surface area (TPSA) is 133 Å². The minimum absolute atomic E-state index is 0.00975. The van der Waals surface area contributed by atoms with Crippen LogP contribution in [0.25, 0.3) is 11.3 Å². The maximum atomic E-state index is 13.6. The van der Waals surface area contributed by atoms with E-state index in [9.17, 15) is 27.9 Å². The van der Waals surface area contributed by atoms with Gasteiger partial charge in [-0.3, -0.25) is 9.59 Å². The molecule has 0 unspecified atom stereocenters. The maximum absolute atomic E-state index is 13.6. The summed E-state index contributed by atoms with van der Waals surface area (Å²) in [6.45, 7) is 2.59. The van der Waals surface area contributed by atoms with Gasteiger partial charge in [0, 0.05) is 16.7 Å². The lowest BCUT2D eigenvalue weighted by Gasteiger charge is -2.26. The third-order valence-corrected chi connectivity index (χ3v) is 6.54. The number of ether oxygens (including phenoxy) is 3. The molecule has 2 amide bonds. The number of halogens is 3. The molecule has 9 nitrogen and oxygen atoms in total. The number of nitrogens with zero attached hydrogens (tertiary/aromatic N) is 1. The molecular weight excluding hydrogens is 507 g/mol. The molecule has 1 aromatic heterocycles. The van der Waals surface area contributed by atoms with E-state index in [1.165, 1.54) is 49.4 Å². The molecular formula is C26H22F3N3O6. The molecule has 0 fully saturated rings. The number of alkyl halides is 2. The van der Waals surface area contributed by atoms with Crippen LogP contribution < -0.4 is 25.3 Å². The number of fused-ring (bicyclic) bond motifs is 2. The summed E-state index contributed by atoms with van der Waals surface area (Å²) in [5.74, 6) is -2.04. The molecule has 0 saturated heterocycles. The fourth-order valence-electron chi connectivity index (χ4n) is 4.20. The number of nitrogens with one attached hydrogen (secondary N) is 1. The summed E-state index contributed by atoms with van der Waals surface area (Å²) in [7, 11) is 0. The fourth-order valence-corrected chi connectivity index (χ4v) is 4.20. The van der Waals surface area contributed by atoms with E-state index in [0.717, 1.165) is 6.07 Å². The van der Waals surface area contributed by atoms with Crippen molar-refractivity contribution in [2.24, 2.45) is 5.73 Å². The molecule has 0 spiro atoms. The monoisotopic (exact) mass is 529 g/mol. The van der Waals surface area contributed by atoms with Crippen molar-refractivity contribution >= 4 is 11.8 Å². The van der Waals surface area contributed by atoms with Crippen molar-refractivity contribution < 1.29 is 42.1 Å². The second kappa shape index (κ2) is 8.62. The van der Waals surface area contributed by atoms with Gasteiger partial charge in [0.15, 0.2) is 11.5 Å². The summed E-state index contributed by atoms with van der Waals surface area (Å²) < 4.78 is 54.6. The summed E-state index contributed by atoms with van der Waals surface area (Å²) in [5, 5.41) is 13.9. The smallest absolute Gasteiger partial charge is 0.489 e. The predicted octanol–water partition coefficient (Wildman–Crippen LogP) is 2.98. The Labute approximate surface area is 214 Å². The van der Waals surface area contributed by atoms with E-state index in [2.05, 4.69) is 19.8 Å². The Morgan fingerprint density at radius 2 is 1.82 bits per heavy atom. The minimum atomic E-state index is -3.83. The van der Waals surface area contributed by atoms with Crippen LogP contribution in [-0.4, -0.2) is 41.4 Å². The second-order valence-corrected chi connectivity index (χ2v) is 9.51. The van der Waals surface area contributed by atoms with Crippen LogP contribution >= 0.6 is 0 Å². The molecule has 0 bridgehead atoms. The molecule has 2 aliphatic rings. The van der Waals surface area contributed by atoms with Crippen LogP contribution in [0.1, 0.15) is 35.5 Å². The lowest BCUT2D eigenvalue weighted by atomic mass is 9.82. The van der Waals surface area contributed by atoms with Gasteiger partial charge in [-0.15, -0.1) is 8.78 Å². The predicted molar refractivity (Wildman–Crippen MR) is 126 cm³/mol. The highest BCUT2D eigenvalue weighted by Crippen LogP contribution is 2.45. The summed E-state index contributed by atoms with van der Waals surface area (Å²) in [5.41, 5.74) is 3.84. The number of aliphatic hydroxyl groups is 1. The van der Waals surface area contributed by atoms with E-state index in [-0.39, 0.29) is 47.4 Å². The van der Waals surface area contributed by atoms with Crippen molar-refractivity contribution in [2.75, 3.05) is 13.2 Å². The highest BCUT2D eigenvalue weighted by atomic mass is 19.3. The van der Waals surface area contributed by atoms with E-state index in [1.54, 1.807) is 6.92 Å². The molecule has 38 heavy (non-hydrogen) atoms. The zero-order chi connectivity index (χ0) is 27.5. The zero-order valence-corrected chi connectivity index (χ0v) is 20.2. The first-order valence-corrected chi connectivity index (χ1v) is 11.4. The molecule has 3 heterocycles. The number of carbonyl (C=O) groups excluding carboxylic acids is 2. The van der Waals surface area contributed by atoms with E-state index in [0.29, 0.717) is 11.1 Å². The molecule has 4 N–H and O–H groups in total. The van der Waals surface area contributed by atoms with Gasteiger partial charge in [-0.05, 0) is 62.4 Å². The van der Waals surface area contributed by atoms with Gasteiger partial charge in [-0.25, -0.2) is 9.37 Å². The van der Waals surface area contributed by atoms with Crippen molar-refractivity contribution in [1.29, 1.82) is 0 Å². The van der Waals surface area contributed by atoms with Gasteiger partial charge in [0.2, 0.25) is 5.91 Å². The fraction of sp³-hybridized carbons (Fsp3) is 0.269. The Hall–Kier alpha value is -4.32. The van der Waals surface area contributed by atoms with Crippen LogP contribution in [0.3, 0.4) is 0 Å². The number of carbonyl (C=O) groups is 2. The van der Waals surface area contributed by atoms with Crippen molar-refractivity contribution in [3.63, 3.8) is 0 Å². The van der Waals surface area contributed by atoms with Crippen molar-refractivity contribution in [3.8, 4) is 28.5 Å². The third-order valence-electron chi connectivity index (χ3n) is 6.54. The number of amides is 2. The average Bonchev–Trinajstić information content (AvgIpc) is 3.37. The van der Waals surface area contributed by atoms with Crippen LogP contribution in [0.2, 0.25) is 0 Å². The van der Waals surface area contributed by atoms with E-state index >= 15 is 0 Å². The number of benzene rings is 2. The van der Waals surface area contributed by atoms with Crippen molar-refractivity contribution in [3.05, 3.63) is 71.2 Å². The number of nitrogens with two attached hydrogens (primary N) is 1. The number of rotatable bonds is 6. The number of primary amides is 1. The molecule has 2 atom stereocenters. The highest BCUT2D eigenvalue weighted by molar-refractivity contribution is 5.95. The van der Waals surface area contributed by atoms with Gasteiger partial charge < -0.3 is 30.4 Å². The minimum Gasteiger partial charge on any atom is -0.489 e. The molecule has 2 aromatic carbocycles. The number of pyridine rings is 1. The largest absolute Gasteiger partial charge is 0.586 e. The summed E-state index contributed by atoms with van der Waals surface area (Å²) in [4.78, 5) is 29.6. The van der Waals surface area contributed by atoms with E-state index in [1.807, 2.05) is 0 Å². The molecule has 198 valence electrons. The number of hydrogen-bond acceptors (Lipinski definition) is 7. The van der Waals surface area contributed by atoms with Gasteiger partial charge in [0.1, 0.15) is 34.9 Å². The third kappa shape index (κ3) is 4.36. The first kappa shape index (κ1) is 25.3. The first-order chi connectivity index (χ1) is 17.8. The van der Waals surface area contributed by atoms with E-state index in [4.69, 9.17) is 10.5 Å². The van der Waals surface area contributed by atoms with Crippen LogP contribution in [0, 0.1) is 5.82 Å². The normalized spacial score (nSPS) is 20.3. The highest BCUT2D eigenvalue weighted by Gasteiger charge is 2.45. The molecule has 12 heteroatoms. The van der Waals surface area contributed by atoms with Crippen LogP contribution in [0.4, 0.5) is 13.2 Å². The lowest BCUT2D eigenvalue weighted by molar-refractivity contribution is -0.286. The van der Waals surface area contributed by atoms with Gasteiger partial charge in [0.25, 0.3) is 5.91 Å².